The Morgan fingerprint density at radius 2 is 1.73 bits per heavy atom. The van der Waals surface area contributed by atoms with Crippen LogP contribution in [0.25, 0.3) is 0 Å². The first kappa shape index (κ1) is 19.5. The zero-order valence-corrected chi connectivity index (χ0v) is 14.2. The summed E-state index contributed by atoms with van der Waals surface area (Å²) in [5.41, 5.74) is 0.0139. The lowest BCUT2D eigenvalue weighted by atomic mass is 10.1. The normalized spacial score (nSPS) is 10.3. The second-order valence-corrected chi connectivity index (χ2v) is 5.66. The van der Waals surface area contributed by atoms with Crippen LogP contribution in [0.15, 0.2) is 42.5 Å². The lowest BCUT2D eigenvalue weighted by molar-refractivity contribution is -0.142. The van der Waals surface area contributed by atoms with Crippen molar-refractivity contribution in [3.05, 3.63) is 70.2 Å². The average Bonchev–Trinajstić information content (AvgIpc) is 2.60. The number of hydrogen-bond donors (Lipinski definition) is 1. The minimum absolute atomic E-state index is 0.121. The number of carbonyl (C=O) groups is 3. The van der Waals surface area contributed by atoms with Crippen LogP contribution in [0.2, 0.25) is 5.02 Å². The van der Waals surface area contributed by atoms with Crippen LogP contribution in [0, 0.1) is 11.6 Å². The Kier molecular flexibility index (Phi) is 6.80. The number of ether oxygens (including phenoxy) is 1. The smallest absolute Gasteiger partial charge is 0.308 e. The van der Waals surface area contributed by atoms with Crippen LogP contribution in [0.4, 0.5) is 8.78 Å². The van der Waals surface area contributed by atoms with E-state index in [1.807, 2.05) is 0 Å². The summed E-state index contributed by atoms with van der Waals surface area (Å²) in [6.45, 7) is -0.565. The van der Waals surface area contributed by atoms with Crippen molar-refractivity contribution in [2.45, 2.75) is 6.42 Å². The van der Waals surface area contributed by atoms with Crippen LogP contribution in [-0.2, 0) is 9.53 Å². The molecule has 0 spiro atoms. The number of nitrogens with one attached hydrogen (secondary N) is 1. The lowest BCUT2D eigenvalue weighted by Gasteiger charge is -2.07. The van der Waals surface area contributed by atoms with Gasteiger partial charge >= 0.3 is 5.97 Å². The minimum Gasteiger partial charge on any atom is -0.457 e. The van der Waals surface area contributed by atoms with Gasteiger partial charge in [-0.05, 0) is 36.4 Å². The maximum Gasteiger partial charge on any atom is 0.308 e. The van der Waals surface area contributed by atoms with Gasteiger partial charge in [-0.3, -0.25) is 14.4 Å². The highest BCUT2D eigenvalue weighted by molar-refractivity contribution is 6.30. The van der Waals surface area contributed by atoms with Gasteiger partial charge in [0.1, 0.15) is 11.6 Å². The fourth-order valence-electron chi connectivity index (χ4n) is 1.98. The fourth-order valence-corrected chi connectivity index (χ4v) is 2.11. The van der Waals surface area contributed by atoms with Crippen LogP contribution in [0.1, 0.15) is 27.1 Å². The third kappa shape index (κ3) is 5.63. The molecule has 2 rings (SSSR count). The molecule has 0 fully saturated rings. The summed E-state index contributed by atoms with van der Waals surface area (Å²) >= 11 is 5.72. The molecule has 1 amide bonds. The van der Waals surface area contributed by atoms with Crippen molar-refractivity contribution in [2.24, 2.45) is 0 Å². The van der Waals surface area contributed by atoms with Gasteiger partial charge in [0.05, 0.1) is 12.0 Å². The number of amides is 1. The molecule has 0 radical (unpaired) electrons. The molecule has 0 aromatic heterocycles. The predicted molar refractivity (Wildman–Crippen MR) is 90.0 cm³/mol. The topological polar surface area (TPSA) is 72.5 Å². The third-order valence-electron chi connectivity index (χ3n) is 3.32. The van der Waals surface area contributed by atoms with Crippen LogP contribution in [-0.4, -0.2) is 30.8 Å². The molecule has 26 heavy (non-hydrogen) atoms. The van der Waals surface area contributed by atoms with Gasteiger partial charge in [-0.25, -0.2) is 8.78 Å². The second kappa shape index (κ2) is 9.05. The Hall–Kier alpha value is -2.80. The van der Waals surface area contributed by atoms with Gasteiger partial charge < -0.3 is 10.1 Å². The Balaban J connectivity index is 1.74. The van der Waals surface area contributed by atoms with Crippen LogP contribution < -0.4 is 5.32 Å². The molecule has 2 aromatic carbocycles. The Morgan fingerprint density at radius 3 is 2.38 bits per heavy atom. The lowest BCUT2D eigenvalue weighted by Crippen LogP contribution is -2.27. The van der Waals surface area contributed by atoms with Crippen LogP contribution >= 0.6 is 11.6 Å². The summed E-state index contributed by atoms with van der Waals surface area (Å²) < 4.78 is 31.1. The zero-order chi connectivity index (χ0) is 19.1. The molecular weight excluding hydrogens is 368 g/mol. The van der Waals surface area contributed by atoms with Crippen LogP contribution in [0.3, 0.4) is 0 Å². The SMILES string of the molecule is O=C(CCNC(=O)c1ccc(F)cc1F)OCC(=O)c1ccc(Cl)cc1. The van der Waals surface area contributed by atoms with E-state index in [2.05, 4.69) is 5.32 Å². The van der Waals surface area contributed by atoms with Crippen LogP contribution in [0.5, 0.6) is 0 Å². The van der Waals surface area contributed by atoms with E-state index in [0.717, 1.165) is 12.1 Å². The summed E-state index contributed by atoms with van der Waals surface area (Å²) in [5, 5.41) is 2.79. The van der Waals surface area contributed by atoms with E-state index in [1.165, 1.54) is 12.1 Å². The largest absolute Gasteiger partial charge is 0.457 e. The quantitative estimate of drug-likeness (QED) is 0.590. The molecule has 0 unspecified atom stereocenters. The van der Waals surface area contributed by atoms with Gasteiger partial charge in [0.25, 0.3) is 5.91 Å². The Labute approximate surface area is 152 Å². The molecule has 1 N–H and O–H groups in total. The van der Waals surface area contributed by atoms with E-state index >= 15 is 0 Å². The van der Waals surface area contributed by atoms with E-state index in [4.69, 9.17) is 16.3 Å². The molecule has 136 valence electrons. The molecular formula is C18H14ClF2NO4. The van der Waals surface area contributed by atoms with Crippen molar-refractivity contribution >= 4 is 29.3 Å². The number of hydrogen-bond acceptors (Lipinski definition) is 4. The van der Waals surface area contributed by atoms with Gasteiger partial charge in [-0.2, -0.15) is 0 Å². The Bertz CT molecular complexity index is 824. The van der Waals surface area contributed by atoms with E-state index in [9.17, 15) is 23.2 Å². The van der Waals surface area contributed by atoms with Gasteiger partial charge in [-0.15, -0.1) is 0 Å². The van der Waals surface area contributed by atoms with E-state index in [1.54, 1.807) is 12.1 Å². The molecule has 0 aliphatic carbocycles. The zero-order valence-electron chi connectivity index (χ0n) is 13.4. The van der Waals surface area contributed by atoms with E-state index in [-0.39, 0.29) is 18.5 Å². The highest BCUT2D eigenvalue weighted by Gasteiger charge is 2.14. The Morgan fingerprint density at radius 1 is 1.04 bits per heavy atom. The van der Waals surface area contributed by atoms with Crippen molar-refractivity contribution in [3.63, 3.8) is 0 Å². The maximum absolute atomic E-state index is 13.4. The number of carbonyl (C=O) groups excluding carboxylic acids is 3. The van der Waals surface area contributed by atoms with E-state index in [0.29, 0.717) is 16.7 Å². The number of benzene rings is 2. The predicted octanol–water partition coefficient (Wildman–Crippen LogP) is 3.16. The molecule has 5 nitrogen and oxygen atoms in total. The molecule has 0 bridgehead atoms. The molecule has 8 heteroatoms. The molecule has 0 saturated heterocycles. The minimum atomic E-state index is -1.00. The molecule has 0 atom stereocenters. The summed E-state index contributed by atoms with van der Waals surface area (Å²) in [5.74, 6) is -3.68. The van der Waals surface area contributed by atoms with Crippen molar-refractivity contribution in [2.75, 3.05) is 13.2 Å². The molecule has 2 aromatic rings. The fraction of sp³-hybridized carbons (Fsp3) is 0.167. The van der Waals surface area contributed by atoms with Gasteiger partial charge in [-0.1, -0.05) is 11.6 Å². The molecule has 0 aliphatic heterocycles. The highest BCUT2D eigenvalue weighted by atomic mass is 35.5. The number of Topliss-reactive ketones (excluding diaryl/α,β-unsaturated/α-hetero) is 1. The molecule has 0 aliphatic rings. The first-order valence-electron chi connectivity index (χ1n) is 7.54. The first-order valence-corrected chi connectivity index (χ1v) is 7.92. The monoisotopic (exact) mass is 381 g/mol. The van der Waals surface area contributed by atoms with Crippen molar-refractivity contribution in [1.82, 2.24) is 5.32 Å². The molecule has 0 saturated carbocycles. The number of ketones is 1. The summed E-state index contributed by atoms with van der Waals surface area (Å²) in [7, 11) is 0. The summed E-state index contributed by atoms with van der Waals surface area (Å²) in [6, 6.07) is 8.65. The number of esters is 1. The highest BCUT2D eigenvalue weighted by Crippen LogP contribution is 2.11. The van der Waals surface area contributed by atoms with Crippen molar-refractivity contribution in [1.29, 1.82) is 0 Å². The first-order chi connectivity index (χ1) is 12.4. The average molecular weight is 382 g/mol. The van der Waals surface area contributed by atoms with Crippen molar-refractivity contribution in [3.8, 4) is 0 Å². The maximum atomic E-state index is 13.4. The van der Waals surface area contributed by atoms with E-state index < -0.39 is 35.9 Å². The summed E-state index contributed by atoms with van der Waals surface area (Å²) in [6.07, 6.45) is -0.206. The van der Waals surface area contributed by atoms with Crippen molar-refractivity contribution < 1.29 is 27.9 Å². The number of rotatable bonds is 7. The van der Waals surface area contributed by atoms with Gasteiger partial charge in [0.15, 0.2) is 12.4 Å². The third-order valence-corrected chi connectivity index (χ3v) is 3.57. The van der Waals surface area contributed by atoms with Gasteiger partial charge in [0, 0.05) is 23.2 Å². The van der Waals surface area contributed by atoms with Gasteiger partial charge in [0.2, 0.25) is 0 Å². The standard InChI is InChI=1S/C18H14ClF2NO4/c19-12-3-1-11(2-4-12)16(23)10-26-17(24)7-8-22-18(25)14-6-5-13(20)9-15(14)21/h1-6,9H,7-8,10H2,(H,22,25). The second-order valence-electron chi connectivity index (χ2n) is 5.22. The molecule has 0 heterocycles. The number of halogens is 3. The summed E-state index contributed by atoms with van der Waals surface area (Å²) in [4.78, 5) is 35.2.